The third kappa shape index (κ3) is 3.67. The van der Waals surface area contributed by atoms with Gasteiger partial charge in [-0.05, 0) is 37.3 Å². The molecule has 2 aromatic carbocycles. The van der Waals surface area contributed by atoms with E-state index < -0.39 is 0 Å². The molecule has 0 amide bonds. The van der Waals surface area contributed by atoms with Gasteiger partial charge in [-0.2, -0.15) is 5.26 Å². The van der Waals surface area contributed by atoms with Crippen LogP contribution >= 0.6 is 0 Å². The molecule has 1 N–H and O–H groups in total. The van der Waals surface area contributed by atoms with E-state index >= 15 is 0 Å². The number of hydrogen-bond donors (Lipinski definition) is 1. The summed E-state index contributed by atoms with van der Waals surface area (Å²) in [6, 6.07) is 12.5. The van der Waals surface area contributed by atoms with E-state index in [1.165, 1.54) is 6.20 Å². The van der Waals surface area contributed by atoms with Gasteiger partial charge in [0.1, 0.15) is 6.07 Å². The predicted octanol–water partition coefficient (Wildman–Crippen LogP) is 4.04. The number of aromatic nitrogens is 1. The molecule has 142 valence electrons. The molecular weight excluding hydrogens is 358 g/mol. The molecule has 0 unspecified atom stereocenters. The molecule has 1 aromatic heterocycles. The number of methoxy groups -OCH3 is 2. The number of benzene rings is 2. The van der Waals surface area contributed by atoms with Gasteiger partial charge in [-0.1, -0.05) is 0 Å². The van der Waals surface area contributed by atoms with Gasteiger partial charge in [-0.15, -0.1) is 0 Å². The molecule has 0 aliphatic rings. The van der Waals surface area contributed by atoms with Crippen LogP contribution in [0.4, 0.5) is 11.4 Å². The Bertz CT molecular complexity index is 1060. The van der Waals surface area contributed by atoms with Crippen molar-refractivity contribution < 1.29 is 19.0 Å². The lowest BCUT2D eigenvalue weighted by molar-refractivity contribution is 0.0526. The van der Waals surface area contributed by atoms with Crippen LogP contribution in [0.2, 0.25) is 0 Å². The fourth-order valence-electron chi connectivity index (χ4n) is 2.79. The number of anilines is 2. The maximum Gasteiger partial charge on any atom is 0.338 e. The third-order valence-corrected chi connectivity index (χ3v) is 4.16. The van der Waals surface area contributed by atoms with Crippen molar-refractivity contribution in [1.82, 2.24) is 4.98 Å². The lowest BCUT2D eigenvalue weighted by atomic mass is 10.1. The first-order valence-electron chi connectivity index (χ1n) is 8.60. The molecule has 0 saturated carbocycles. The van der Waals surface area contributed by atoms with Crippen molar-refractivity contribution in [3.63, 3.8) is 0 Å². The van der Waals surface area contributed by atoms with Gasteiger partial charge >= 0.3 is 5.97 Å². The van der Waals surface area contributed by atoms with E-state index in [4.69, 9.17) is 14.2 Å². The highest BCUT2D eigenvalue weighted by molar-refractivity contribution is 5.98. The van der Waals surface area contributed by atoms with Crippen molar-refractivity contribution in [2.75, 3.05) is 26.1 Å². The molecule has 0 fully saturated rings. The molecule has 0 spiro atoms. The van der Waals surface area contributed by atoms with Crippen LogP contribution in [0.25, 0.3) is 10.9 Å². The summed E-state index contributed by atoms with van der Waals surface area (Å²) in [5.74, 6) is 0.711. The minimum atomic E-state index is -0.377. The Morgan fingerprint density at radius 3 is 2.43 bits per heavy atom. The second-order valence-corrected chi connectivity index (χ2v) is 5.81. The van der Waals surface area contributed by atoms with Gasteiger partial charge < -0.3 is 19.5 Å². The van der Waals surface area contributed by atoms with Crippen molar-refractivity contribution in [2.24, 2.45) is 0 Å². The van der Waals surface area contributed by atoms with Crippen molar-refractivity contribution in [3.8, 4) is 17.6 Å². The normalized spacial score (nSPS) is 10.2. The molecule has 0 atom stereocenters. The number of nitrogens with zero attached hydrogens (tertiary/aromatic N) is 2. The van der Waals surface area contributed by atoms with Crippen LogP contribution in [0.3, 0.4) is 0 Å². The van der Waals surface area contributed by atoms with Crippen molar-refractivity contribution >= 4 is 28.2 Å². The number of carbonyl (C=O) groups excluding carboxylic acids is 1. The Hall–Kier alpha value is -3.79. The second kappa shape index (κ2) is 8.27. The SMILES string of the molecule is CCOC(=O)c1ccc(Nc2c(C#N)cnc3cc(OC)c(OC)cc23)cc1. The third-order valence-electron chi connectivity index (χ3n) is 4.16. The van der Waals surface area contributed by atoms with E-state index in [0.29, 0.717) is 51.5 Å². The standard InChI is InChI=1S/C21H19N3O4/c1-4-28-21(25)13-5-7-15(8-6-13)24-20-14(11-22)12-23-17-10-19(27-3)18(26-2)9-16(17)20/h5-10,12H,4H2,1-3H3,(H,23,24). The minimum absolute atomic E-state index is 0.318. The van der Waals surface area contributed by atoms with E-state index in [9.17, 15) is 10.1 Å². The van der Waals surface area contributed by atoms with E-state index in [2.05, 4.69) is 16.4 Å². The average molecular weight is 377 g/mol. The van der Waals surface area contributed by atoms with Gasteiger partial charge in [0.2, 0.25) is 0 Å². The summed E-state index contributed by atoms with van der Waals surface area (Å²) in [4.78, 5) is 16.1. The first-order chi connectivity index (χ1) is 13.6. The molecule has 3 aromatic rings. The van der Waals surface area contributed by atoms with Crippen molar-refractivity contribution in [1.29, 1.82) is 5.26 Å². The van der Waals surface area contributed by atoms with Crippen LogP contribution < -0.4 is 14.8 Å². The second-order valence-electron chi connectivity index (χ2n) is 5.81. The quantitative estimate of drug-likeness (QED) is 0.648. The van der Waals surface area contributed by atoms with E-state index in [1.807, 2.05) is 0 Å². The van der Waals surface area contributed by atoms with E-state index in [1.54, 1.807) is 57.5 Å². The molecule has 0 aliphatic carbocycles. The average Bonchev–Trinajstić information content (AvgIpc) is 2.73. The monoisotopic (exact) mass is 377 g/mol. The summed E-state index contributed by atoms with van der Waals surface area (Å²) < 4.78 is 15.7. The maximum atomic E-state index is 11.8. The molecular formula is C21H19N3O4. The number of carbonyl (C=O) groups is 1. The Morgan fingerprint density at radius 1 is 1.14 bits per heavy atom. The van der Waals surface area contributed by atoms with Crippen LogP contribution in [0.5, 0.6) is 11.5 Å². The number of pyridine rings is 1. The zero-order valence-electron chi connectivity index (χ0n) is 15.8. The van der Waals surface area contributed by atoms with Gasteiger partial charge in [0.05, 0.1) is 43.2 Å². The summed E-state index contributed by atoms with van der Waals surface area (Å²) >= 11 is 0. The van der Waals surface area contributed by atoms with Gasteiger partial charge in [-0.3, -0.25) is 4.98 Å². The lowest BCUT2D eigenvalue weighted by Gasteiger charge is -2.14. The highest BCUT2D eigenvalue weighted by Gasteiger charge is 2.14. The topological polar surface area (TPSA) is 93.5 Å². The highest BCUT2D eigenvalue weighted by Crippen LogP contribution is 2.36. The largest absolute Gasteiger partial charge is 0.493 e. The zero-order valence-corrected chi connectivity index (χ0v) is 15.8. The maximum absolute atomic E-state index is 11.8. The molecule has 1 heterocycles. The number of nitrogens with one attached hydrogen (secondary N) is 1. The highest BCUT2D eigenvalue weighted by atomic mass is 16.5. The molecule has 0 saturated heterocycles. The molecule has 0 aliphatic heterocycles. The van der Waals surface area contributed by atoms with Gasteiger partial charge in [-0.25, -0.2) is 4.79 Å². The van der Waals surface area contributed by atoms with Gasteiger partial charge in [0, 0.05) is 23.3 Å². The summed E-state index contributed by atoms with van der Waals surface area (Å²) in [5.41, 5.74) is 2.81. The van der Waals surface area contributed by atoms with Crippen LogP contribution in [0.1, 0.15) is 22.8 Å². The van der Waals surface area contributed by atoms with Crippen LogP contribution in [-0.4, -0.2) is 31.8 Å². The predicted molar refractivity (Wildman–Crippen MR) is 105 cm³/mol. The van der Waals surface area contributed by atoms with Crippen LogP contribution in [0.15, 0.2) is 42.6 Å². The molecule has 28 heavy (non-hydrogen) atoms. The molecule has 7 heteroatoms. The molecule has 3 rings (SSSR count). The smallest absolute Gasteiger partial charge is 0.338 e. The summed E-state index contributed by atoms with van der Waals surface area (Å²) in [6.45, 7) is 2.08. The molecule has 7 nitrogen and oxygen atoms in total. The first-order valence-corrected chi connectivity index (χ1v) is 8.60. The number of nitriles is 1. The van der Waals surface area contributed by atoms with E-state index in [-0.39, 0.29) is 5.97 Å². The summed E-state index contributed by atoms with van der Waals surface area (Å²) in [6.07, 6.45) is 1.50. The first kappa shape index (κ1) is 19.0. The molecule has 0 bridgehead atoms. The Kier molecular flexibility index (Phi) is 5.61. The van der Waals surface area contributed by atoms with Crippen LogP contribution in [0, 0.1) is 11.3 Å². The fraction of sp³-hybridized carbons (Fsp3) is 0.190. The Morgan fingerprint density at radius 2 is 1.82 bits per heavy atom. The summed E-state index contributed by atoms with van der Waals surface area (Å²) in [7, 11) is 3.10. The number of ether oxygens (including phenoxy) is 3. The van der Waals surface area contributed by atoms with Crippen molar-refractivity contribution in [3.05, 3.63) is 53.7 Å². The van der Waals surface area contributed by atoms with Gasteiger partial charge in [0.15, 0.2) is 11.5 Å². The minimum Gasteiger partial charge on any atom is -0.493 e. The number of rotatable bonds is 6. The van der Waals surface area contributed by atoms with Gasteiger partial charge in [0.25, 0.3) is 0 Å². The zero-order chi connectivity index (χ0) is 20.1. The van der Waals surface area contributed by atoms with Crippen molar-refractivity contribution in [2.45, 2.75) is 6.92 Å². The fourth-order valence-corrected chi connectivity index (χ4v) is 2.79. The van der Waals surface area contributed by atoms with Crippen LogP contribution in [-0.2, 0) is 4.74 Å². The summed E-state index contributed by atoms with van der Waals surface area (Å²) in [5, 5.41) is 13.5. The lowest BCUT2D eigenvalue weighted by Crippen LogP contribution is -2.04. The van der Waals surface area contributed by atoms with E-state index in [0.717, 1.165) is 0 Å². The number of esters is 1. The Labute approximate surface area is 162 Å². The number of hydrogen-bond acceptors (Lipinski definition) is 7. The number of fused-ring (bicyclic) bond motifs is 1. The Balaban J connectivity index is 2.04. The molecule has 0 radical (unpaired) electrons.